The molecule has 4 nitrogen and oxygen atoms in total. The number of rotatable bonds is 18. The standard InChI is InChI=1S/C16H9F21O2.C11H12F8O2/c1-5(2)6(38)39-4-3-7(17,18)8(19,20)9(21,22)10(23,24)11(25,26)12(27,28)13(29,30)14(31,32)15(33,34)16(35,36)37;1-6(2)7(20)21-5-4-9(13,14)10(15,16)8(3,12)11(17,18)19/h1,3-4H2,2H3;1,4-5H2,2-3H3. The van der Waals surface area contributed by atoms with Crippen LogP contribution in [0.3, 0.4) is 0 Å². The van der Waals surface area contributed by atoms with Crippen molar-refractivity contribution in [3.05, 3.63) is 24.3 Å². The molecule has 0 bridgehead atoms. The maximum absolute atomic E-state index is 13.6. The average Bonchev–Trinajstić information content (AvgIpc) is 3.02. The summed E-state index contributed by atoms with van der Waals surface area (Å²) in [6.07, 6.45) is -19.2. The second kappa shape index (κ2) is 16.9. The number of carbonyl (C=O) groups is 2. The summed E-state index contributed by atoms with van der Waals surface area (Å²) < 4.78 is 387. The molecule has 0 heterocycles. The van der Waals surface area contributed by atoms with Crippen molar-refractivity contribution in [2.75, 3.05) is 13.2 Å². The van der Waals surface area contributed by atoms with Crippen molar-refractivity contribution in [1.82, 2.24) is 0 Å². The van der Waals surface area contributed by atoms with Gasteiger partial charge in [-0.15, -0.1) is 0 Å². The minimum absolute atomic E-state index is 0.226. The van der Waals surface area contributed by atoms with E-state index >= 15 is 0 Å². The van der Waals surface area contributed by atoms with E-state index in [0.717, 1.165) is 13.8 Å². The first-order chi connectivity index (χ1) is 25.7. The van der Waals surface area contributed by atoms with E-state index in [2.05, 4.69) is 22.6 Å². The SMILES string of the molecule is C=C(C)C(=O)OCCC(F)(F)C(F)(F)C(C)(F)C(F)(F)F.C=C(C)C(=O)OCCC(F)(F)C(F)(F)C(F)(F)C(F)(F)C(F)(F)C(F)(F)C(F)(F)C(F)(F)C(F)(F)C(F)(F)F. The largest absolute Gasteiger partial charge is 0.462 e. The van der Waals surface area contributed by atoms with Crippen molar-refractivity contribution in [1.29, 1.82) is 0 Å². The van der Waals surface area contributed by atoms with E-state index in [0.29, 0.717) is 0 Å². The lowest BCUT2D eigenvalue weighted by Crippen LogP contribution is -2.76. The van der Waals surface area contributed by atoms with Crippen LogP contribution in [0.25, 0.3) is 0 Å². The lowest BCUT2D eigenvalue weighted by atomic mass is 9.86. The summed E-state index contributed by atoms with van der Waals surface area (Å²) >= 11 is 0. The van der Waals surface area contributed by atoms with E-state index in [1.165, 1.54) is 0 Å². The van der Waals surface area contributed by atoms with Gasteiger partial charge in [0.25, 0.3) is 5.67 Å². The molecule has 1 unspecified atom stereocenters. The molecular formula is C27H21F29O4. The van der Waals surface area contributed by atoms with Gasteiger partial charge in [-0.05, 0) is 20.8 Å². The van der Waals surface area contributed by atoms with Gasteiger partial charge in [0.1, 0.15) is 0 Å². The first-order valence-electron chi connectivity index (χ1n) is 14.3. The predicted octanol–water partition coefficient (Wildman–Crippen LogP) is 11.8. The van der Waals surface area contributed by atoms with Crippen LogP contribution < -0.4 is 0 Å². The topological polar surface area (TPSA) is 52.6 Å². The minimum Gasteiger partial charge on any atom is -0.462 e. The highest BCUT2D eigenvalue weighted by Gasteiger charge is 2.97. The summed E-state index contributed by atoms with van der Waals surface area (Å²) in [5.41, 5.74) is -6.35. The molecule has 0 aromatic heterocycles. The van der Waals surface area contributed by atoms with E-state index in [-0.39, 0.29) is 5.57 Å². The average molecular weight is 960 g/mol. The molecule has 0 aliphatic heterocycles. The Morgan fingerprint density at radius 3 is 0.800 bits per heavy atom. The van der Waals surface area contributed by atoms with E-state index in [1.807, 2.05) is 0 Å². The van der Waals surface area contributed by atoms with Crippen molar-refractivity contribution < 1.29 is 146 Å². The highest BCUT2D eigenvalue weighted by atomic mass is 19.4. The van der Waals surface area contributed by atoms with Gasteiger partial charge in [-0.25, -0.2) is 14.0 Å². The fraction of sp³-hybridized carbons (Fsp3) is 0.778. The first-order valence-corrected chi connectivity index (χ1v) is 14.3. The quantitative estimate of drug-likeness (QED) is 0.0780. The molecule has 0 fully saturated rings. The summed E-state index contributed by atoms with van der Waals surface area (Å²) in [7, 11) is 0. The molecular weight excluding hydrogens is 939 g/mol. The number of hydrogen-bond donors (Lipinski definition) is 0. The smallest absolute Gasteiger partial charge is 0.460 e. The summed E-state index contributed by atoms with van der Waals surface area (Å²) in [6, 6.07) is 0. The maximum atomic E-state index is 13.6. The molecule has 356 valence electrons. The summed E-state index contributed by atoms with van der Waals surface area (Å²) in [5, 5.41) is 0. The van der Waals surface area contributed by atoms with Gasteiger partial charge in [-0.3, -0.25) is 0 Å². The summed E-state index contributed by atoms with van der Waals surface area (Å²) in [5.74, 6) is -91.8. The number of hydrogen-bond acceptors (Lipinski definition) is 4. The molecule has 0 saturated heterocycles. The van der Waals surface area contributed by atoms with Crippen LogP contribution >= 0.6 is 0 Å². The van der Waals surface area contributed by atoms with Crippen LogP contribution in [0.15, 0.2) is 24.3 Å². The van der Waals surface area contributed by atoms with Crippen LogP contribution in [-0.2, 0) is 19.1 Å². The number of carbonyl (C=O) groups excluding carboxylic acids is 2. The maximum Gasteiger partial charge on any atom is 0.460 e. The third kappa shape index (κ3) is 9.71. The molecule has 60 heavy (non-hydrogen) atoms. The molecule has 1 atom stereocenters. The molecule has 0 radical (unpaired) electrons. The van der Waals surface area contributed by atoms with Gasteiger partial charge in [0.2, 0.25) is 0 Å². The number of ether oxygens (including phenoxy) is 2. The molecule has 0 aromatic carbocycles. The van der Waals surface area contributed by atoms with E-state index < -0.39 is 134 Å². The van der Waals surface area contributed by atoms with Crippen molar-refractivity contribution in [3.8, 4) is 0 Å². The van der Waals surface area contributed by atoms with Crippen molar-refractivity contribution in [3.63, 3.8) is 0 Å². The molecule has 0 rings (SSSR count). The van der Waals surface area contributed by atoms with Crippen LogP contribution in [0, 0.1) is 0 Å². The molecule has 0 saturated carbocycles. The van der Waals surface area contributed by atoms with Crippen LogP contribution in [-0.4, -0.2) is 108 Å². The summed E-state index contributed by atoms with van der Waals surface area (Å²) in [4.78, 5) is 21.7. The van der Waals surface area contributed by atoms with Gasteiger partial charge in [0, 0.05) is 11.1 Å². The zero-order valence-electron chi connectivity index (χ0n) is 28.8. The zero-order chi connectivity index (χ0) is 49.6. The molecule has 0 N–H and O–H groups in total. The Balaban J connectivity index is 0. The second-order valence-electron chi connectivity index (χ2n) is 11.9. The number of esters is 2. The molecule has 0 spiro atoms. The Hall–Kier alpha value is -3.61. The van der Waals surface area contributed by atoms with Crippen LogP contribution in [0.4, 0.5) is 127 Å². The van der Waals surface area contributed by atoms with Gasteiger partial charge in [-0.2, -0.15) is 123 Å². The monoisotopic (exact) mass is 960 g/mol. The summed E-state index contributed by atoms with van der Waals surface area (Å²) in [6.45, 7) is 3.64. The molecule has 0 aromatic rings. The first kappa shape index (κ1) is 58.5. The molecule has 0 amide bonds. The Labute approximate surface area is 313 Å². The van der Waals surface area contributed by atoms with Crippen LogP contribution in [0.5, 0.6) is 0 Å². The van der Waals surface area contributed by atoms with Gasteiger partial charge >= 0.3 is 89.4 Å². The van der Waals surface area contributed by atoms with E-state index in [4.69, 9.17) is 0 Å². The van der Waals surface area contributed by atoms with Crippen LogP contribution in [0.2, 0.25) is 0 Å². The van der Waals surface area contributed by atoms with Gasteiger partial charge < -0.3 is 9.47 Å². The van der Waals surface area contributed by atoms with Crippen molar-refractivity contribution in [2.24, 2.45) is 0 Å². The third-order valence-corrected chi connectivity index (χ3v) is 7.15. The predicted molar refractivity (Wildman–Crippen MR) is 137 cm³/mol. The highest BCUT2D eigenvalue weighted by molar-refractivity contribution is 5.87. The minimum atomic E-state index is -9.21. The lowest BCUT2D eigenvalue weighted by molar-refractivity contribution is -0.474. The van der Waals surface area contributed by atoms with Gasteiger partial charge in [0.05, 0.1) is 26.1 Å². The Kier molecular flexibility index (Phi) is 16.5. The van der Waals surface area contributed by atoms with E-state index in [9.17, 15) is 137 Å². The Morgan fingerprint density at radius 2 is 0.583 bits per heavy atom. The normalized spacial score (nSPS) is 16.0. The van der Waals surface area contributed by atoms with Gasteiger partial charge in [0.15, 0.2) is 0 Å². The molecule has 0 aliphatic carbocycles. The second-order valence-corrected chi connectivity index (χ2v) is 11.9. The Morgan fingerprint density at radius 1 is 0.367 bits per heavy atom. The van der Waals surface area contributed by atoms with Gasteiger partial charge in [-0.1, -0.05) is 13.2 Å². The third-order valence-electron chi connectivity index (χ3n) is 7.15. The van der Waals surface area contributed by atoms with Crippen LogP contribution in [0.1, 0.15) is 33.6 Å². The van der Waals surface area contributed by atoms with Crippen molar-refractivity contribution >= 4 is 11.9 Å². The molecule has 0 aliphatic rings. The molecule has 33 heteroatoms. The number of halogens is 29. The lowest BCUT2D eigenvalue weighted by Gasteiger charge is -2.44. The van der Waals surface area contributed by atoms with Crippen molar-refractivity contribution in [2.45, 2.75) is 117 Å². The zero-order valence-corrected chi connectivity index (χ0v) is 28.8. The highest BCUT2D eigenvalue weighted by Crippen LogP contribution is 2.66. The fourth-order valence-electron chi connectivity index (χ4n) is 3.22. The number of alkyl halides is 29. The Bertz CT molecular complexity index is 1550. The fourth-order valence-corrected chi connectivity index (χ4v) is 3.22. The van der Waals surface area contributed by atoms with E-state index in [1.54, 1.807) is 0 Å².